The van der Waals surface area contributed by atoms with Crippen molar-refractivity contribution in [3.05, 3.63) is 23.8 Å². The van der Waals surface area contributed by atoms with Crippen molar-refractivity contribution in [3.8, 4) is 11.5 Å². The van der Waals surface area contributed by atoms with Crippen LogP contribution in [0.15, 0.2) is 18.2 Å². The number of hydrogen-bond acceptors (Lipinski definition) is 4. The first-order valence-electron chi connectivity index (χ1n) is 6.60. The van der Waals surface area contributed by atoms with Crippen LogP contribution in [0.1, 0.15) is 29.6 Å². The van der Waals surface area contributed by atoms with Gasteiger partial charge in [0.1, 0.15) is 0 Å². The molecular formula is C14H20N2O3. The Kier molecular flexibility index (Phi) is 4.63. The van der Waals surface area contributed by atoms with Crippen molar-refractivity contribution in [1.82, 2.24) is 10.6 Å². The van der Waals surface area contributed by atoms with Gasteiger partial charge in [0.05, 0.1) is 12.7 Å². The number of rotatable bonds is 7. The van der Waals surface area contributed by atoms with E-state index < -0.39 is 0 Å². The van der Waals surface area contributed by atoms with Gasteiger partial charge in [-0.2, -0.15) is 0 Å². The van der Waals surface area contributed by atoms with Gasteiger partial charge in [-0.15, -0.1) is 0 Å². The zero-order chi connectivity index (χ0) is 13.7. The Morgan fingerprint density at radius 1 is 1.42 bits per heavy atom. The molecule has 0 bridgehead atoms. The quantitative estimate of drug-likeness (QED) is 0.649. The number of phenols is 1. The zero-order valence-electron chi connectivity index (χ0n) is 11.1. The second-order valence-corrected chi connectivity index (χ2v) is 4.69. The fraction of sp³-hybridized carbons (Fsp3) is 0.500. The number of carbonyl (C=O) groups excluding carboxylic acids is 1. The maximum Gasteiger partial charge on any atom is 0.255 e. The molecule has 5 nitrogen and oxygen atoms in total. The molecule has 0 atom stereocenters. The summed E-state index contributed by atoms with van der Waals surface area (Å²) in [6, 6.07) is 5.57. The van der Waals surface area contributed by atoms with Crippen molar-refractivity contribution in [1.29, 1.82) is 0 Å². The maximum absolute atomic E-state index is 11.9. The first-order valence-corrected chi connectivity index (χ1v) is 6.60. The van der Waals surface area contributed by atoms with Crippen LogP contribution in [0.4, 0.5) is 0 Å². The van der Waals surface area contributed by atoms with Crippen LogP contribution >= 0.6 is 0 Å². The third-order valence-electron chi connectivity index (χ3n) is 3.11. The Balaban J connectivity index is 1.78. The fourth-order valence-electron chi connectivity index (χ4n) is 1.85. The summed E-state index contributed by atoms with van der Waals surface area (Å²) in [6.45, 7) is 1.50. The van der Waals surface area contributed by atoms with E-state index in [9.17, 15) is 9.90 Å². The molecule has 3 N–H and O–H groups in total. The number of hydrogen-bond donors (Lipinski definition) is 3. The minimum atomic E-state index is -0.275. The number of para-hydroxylation sites is 1. The van der Waals surface area contributed by atoms with Crippen LogP contribution in [0.2, 0.25) is 0 Å². The summed E-state index contributed by atoms with van der Waals surface area (Å²) in [5, 5.41) is 16.0. The van der Waals surface area contributed by atoms with Crippen LogP contribution in [0.3, 0.4) is 0 Å². The maximum atomic E-state index is 11.9. The monoisotopic (exact) mass is 264 g/mol. The summed E-state index contributed by atoms with van der Waals surface area (Å²) in [5.74, 6) is -0.0792. The summed E-state index contributed by atoms with van der Waals surface area (Å²) in [7, 11) is 1.46. The molecule has 0 aliphatic heterocycles. The van der Waals surface area contributed by atoms with Crippen LogP contribution in [-0.4, -0.2) is 37.3 Å². The van der Waals surface area contributed by atoms with E-state index in [-0.39, 0.29) is 17.2 Å². The minimum Gasteiger partial charge on any atom is -0.504 e. The molecule has 5 heteroatoms. The van der Waals surface area contributed by atoms with Crippen LogP contribution < -0.4 is 15.4 Å². The van der Waals surface area contributed by atoms with Gasteiger partial charge < -0.3 is 20.5 Å². The topological polar surface area (TPSA) is 70.6 Å². The van der Waals surface area contributed by atoms with Crippen molar-refractivity contribution in [2.75, 3.05) is 20.2 Å². The number of phenolic OH excluding ortho intramolecular Hbond substituents is 1. The molecule has 1 saturated carbocycles. The van der Waals surface area contributed by atoms with E-state index in [1.54, 1.807) is 18.2 Å². The molecule has 1 aromatic rings. The predicted octanol–water partition coefficient (Wildman–Crippen LogP) is 1.27. The fourth-order valence-corrected chi connectivity index (χ4v) is 1.85. The number of aromatic hydroxyl groups is 1. The average Bonchev–Trinajstić information content (AvgIpc) is 3.22. The second kappa shape index (κ2) is 6.43. The SMILES string of the molecule is COc1cccc(C(=O)NCCCNC2CC2)c1O. The third-order valence-corrected chi connectivity index (χ3v) is 3.11. The highest BCUT2D eigenvalue weighted by molar-refractivity contribution is 5.97. The van der Waals surface area contributed by atoms with Gasteiger partial charge in [0.25, 0.3) is 5.91 Å². The highest BCUT2D eigenvalue weighted by atomic mass is 16.5. The average molecular weight is 264 g/mol. The number of methoxy groups -OCH3 is 1. The number of benzene rings is 1. The van der Waals surface area contributed by atoms with Crippen LogP contribution in [0.25, 0.3) is 0 Å². The Hall–Kier alpha value is -1.75. The van der Waals surface area contributed by atoms with Crippen LogP contribution in [0.5, 0.6) is 11.5 Å². The molecule has 0 radical (unpaired) electrons. The Morgan fingerprint density at radius 3 is 2.89 bits per heavy atom. The van der Waals surface area contributed by atoms with Gasteiger partial charge >= 0.3 is 0 Å². The first-order chi connectivity index (χ1) is 9.22. The van der Waals surface area contributed by atoms with Crippen molar-refractivity contribution >= 4 is 5.91 Å². The predicted molar refractivity (Wildman–Crippen MR) is 72.6 cm³/mol. The number of carbonyl (C=O) groups is 1. The van der Waals surface area contributed by atoms with Gasteiger partial charge in [-0.1, -0.05) is 6.07 Å². The van der Waals surface area contributed by atoms with E-state index in [1.165, 1.54) is 20.0 Å². The standard InChI is InChI=1S/C14H20N2O3/c1-19-12-5-2-4-11(13(12)17)14(18)16-9-3-8-15-10-6-7-10/h2,4-5,10,15,17H,3,6-9H2,1H3,(H,16,18). The summed E-state index contributed by atoms with van der Waals surface area (Å²) in [5.41, 5.74) is 0.245. The molecule has 1 aromatic carbocycles. The summed E-state index contributed by atoms with van der Waals surface area (Å²) in [6.07, 6.45) is 3.42. The molecule has 1 aliphatic carbocycles. The van der Waals surface area contributed by atoms with Crippen LogP contribution in [-0.2, 0) is 0 Å². The molecule has 0 heterocycles. The lowest BCUT2D eigenvalue weighted by Gasteiger charge is -2.09. The van der Waals surface area contributed by atoms with E-state index in [0.717, 1.165) is 13.0 Å². The Bertz CT molecular complexity index is 444. The number of ether oxygens (including phenoxy) is 1. The largest absolute Gasteiger partial charge is 0.504 e. The highest BCUT2D eigenvalue weighted by Crippen LogP contribution is 2.29. The first kappa shape index (κ1) is 13.7. The molecule has 0 unspecified atom stereocenters. The lowest BCUT2D eigenvalue weighted by molar-refractivity contribution is 0.0950. The van der Waals surface area contributed by atoms with Crippen LogP contribution in [0, 0.1) is 0 Å². The minimum absolute atomic E-state index is 0.112. The molecule has 1 amide bonds. The van der Waals surface area contributed by atoms with E-state index >= 15 is 0 Å². The summed E-state index contributed by atoms with van der Waals surface area (Å²) in [4.78, 5) is 11.9. The van der Waals surface area contributed by atoms with E-state index in [0.29, 0.717) is 18.3 Å². The van der Waals surface area contributed by atoms with Crippen molar-refractivity contribution in [2.24, 2.45) is 0 Å². The zero-order valence-corrected chi connectivity index (χ0v) is 11.1. The number of nitrogens with one attached hydrogen (secondary N) is 2. The van der Waals surface area contributed by atoms with Gasteiger partial charge in [0.15, 0.2) is 11.5 Å². The lowest BCUT2D eigenvalue weighted by Crippen LogP contribution is -2.28. The Morgan fingerprint density at radius 2 is 2.21 bits per heavy atom. The molecular weight excluding hydrogens is 244 g/mol. The molecule has 2 rings (SSSR count). The van der Waals surface area contributed by atoms with E-state index in [2.05, 4.69) is 10.6 Å². The van der Waals surface area contributed by atoms with Crippen molar-refractivity contribution in [3.63, 3.8) is 0 Å². The van der Waals surface area contributed by atoms with Crippen molar-refractivity contribution < 1.29 is 14.6 Å². The molecule has 0 saturated heterocycles. The molecule has 19 heavy (non-hydrogen) atoms. The van der Waals surface area contributed by atoms with Gasteiger partial charge in [-0.3, -0.25) is 4.79 Å². The molecule has 0 spiro atoms. The van der Waals surface area contributed by atoms with Gasteiger partial charge in [0.2, 0.25) is 0 Å². The molecule has 1 fully saturated rings. The number of amides is 1. The van der Waals surface area contributed by atoms with E-state index in [1.807, 2.05) is 0 Å². The molecule has 1 aliphatic rings. The van der Waals surface area contributed by atoms with Gasteiger partial charge in [-0.25, -0.2) is 0 Å². The third kappa shape index (κ3) is 3.86. The normalized spacial score (nSPS) is 14.2. The summed E-state index contributed by atoms with van der Waals surface area (Å²) >= 11 is 0. The van der Waals surface area contributed by atoms with E-state index in [4.69, 9.17) is 4.74 Å². The Labute approximate surface area is 113 Å². The highest BCUT2D eigenvalue weighted by Gasteiger charge is 2.19. The lowest BCUT2D eigenvalue weighted by atomic mass is 10.1. The van der Waals surface area contributed by atoms with Gasteiger partial charge in [0, 0.05) is 12.6 Å². The smallest absolute Gasteiger partial charge is 0.255 e. The van der Waals surface area contributed by atoms with Gasteiger partial charge in [-0.05, 0) is 37.9 Å². The van der Waals surface area contributed by atoms with Crippen molar-refractivity contribution in [2.45, 2.75) is 25.3 Å². The second-order valence-electron chi connectivity index (χ2n) is 4.69. The molecule has 104 valence electrons. The summed E-state index contributed by atoms with van der Waals surface area (Å²) < 4.78 is 4.97. The molecule has 0 aromatic heterocycles.